The van der Waals surface area contributed by atoms with Crippen molar-refractivity contribution in [2.45, 2.75) is 38.3 Å². The van der Waals surface area contributed by atoms with Gasteiger partial charge in [0, 0.05) is 18.5 Å². The first-order valence-corrected chi connectivity index (χ1v) is 16.4. The van der Waals surface area contributed by atoms with Gasteiger partial charge >= 0.3 is 11.9 Å². The maximum absolute atomic E-state index is 14.3. The van der Waals surface area contributed by atoms with Crippen LogP contribution in [0.3, 0.4) is 0 Å². The zero-order valence-electron chi connectivity index (χ0n) is 27.9. The molecule has 1 aliphatic rings. The van der Waals surface area contributed by atoms with E-state index in [0.717, 1.165) is 21.9 Å². The Morgan fingerprint density at radius 3 is 2.51 bits per heavy atom. The third-order valence-electron chi connectivity index (χ3n) is 8.82. The Labute approximate surface area is 293 Å². The fourth-order valence-corrected chi connectivity index (χ4v) is 6.17. The highest BCUT2D eigenvalue weighted by Crippen LogP contribution is 2.38. The molecule has 2 heterocycles. The Hall–Kier alpha value is -6.23. The lowest BCUT2D eigenvalue weighted by molar-refractivity contribution is -0.160. The molecule has 1 aliphatic heterocycles. The number of carbonyl (C=O) groups is 4. The lowest BCUT2D eigenvalue weighted by atomic mass is 9.87. The van der Waals surface area contributed by atoms with E-state index >= 15 is 0 Å². The normalized spacial score (nSPS) is 13.9. The Bertz CT molecular complexity index is 2100. The van der Waals surface area contributed by atoms with Crippen molar-refractivity contribution in [1.82, 2.24) is 9.88 Å². The Morgan fingerprint density at radius 1 is 0.961 bits per heavy atom. The minimum Gasteiger partial charge on any atom is -0.481 e. The number of carboxylic acids is 1. The first kappa shape index (κ1) is 34.6. The number of ether oxygens (including phenoxy) is 3. The molecule has 11 nitrogen and oxygen atoms in total. The van der Waals surface area contributed by atoms with Gasteiger partial charge in [-0.3, -0.25) is 19.2 Å². The summed E-state index contributed by atoms with van der Waals surface area (Å²) in [5, 5.41) is 11.5. The monoisotopic (exact) mass is 688 g/mol. The number of para-hydroxylation sites is 2. The number of fused-ring (bicyclic) bond motifs is 3. The molecule has 0 saturated carbocycles. The molecule has 0 radical (unpaired) electrons. The van der Waals surface area contributed by atoms with Crippen LogP contribution >= 0.6 is 0 Å². The van der Waals surface area contributed by atoms with E-state index in [1.807, 2.05) is 91.9 Å². The zero-order valence-corrected chi connectivity index (χ0v) is 27.9. The lowest BCUT2D eigenvalue weighted by Crippen LogP contribution is -2.48. The van der Waals surface area contributed by atoms with Crippen molar-refractivity contribution in [2.24, 2.45) is 5.92 Å². The number of ketones is 1. The van der Waals surface area contributed by atoms with E-state index in [0.29, 0.717) is 34.9 Å². The number of hydrogen-bond acceptors (Lipinski definition) is 9. The summed E-state index contributed by atoms with van der Waals surface area (Å²) in [6.07, 6.45) is 4.40. The standard InChI is InChI=1S/C40H36N2O9/c1-3-19-48-40(47)31(22-37(43)44)38(45)39(46)42(23-26-15-16-27-9-4-5-10-28(27)20-26)25(2)30(29-17-18-34-35(21-29)50-24-49-34)11-8-14-36-41-32-12-6-7-13-33(32)51-36/h3-10,12-18,20-21,25,30-31H,1,11,19,22-24H2,2H3,(H,43,44)/t25?,30-,31?/m0/s1. The number of Topliss-reactive ketones (excluding diaryl/α,β-unsaturated/α-hetero) is 1. The highest BCUT2D eigenvalue weighted by Gasteiger charge is 2.40. The molecule has 0 bridgehead atoms. The maximum Gasteiger partial charge on any atom is 0.317 e. The summed E-state index contributed by atoms with van der Waals surface area (Å²) >= 11 is 0. The second-order valence-electron chi connectivity index (χ2n) is 12.2. The SMILES string of the molecule is C=CCOC(=O)C(CC(=O)O)C(=O)C(=O)N(Cc1ccc2ccccc2c1)C(C)[C@H](CC=Cc1nc2ccccc2o1)c1ccc2c(c1)OCO2. The van der Waals surface area contributed by atoms with Gasteiger partial charge in [0.05, 0.1) is 6.42 Å². The highest BCUT2D eigenvalue weighted by atomic mass is 16.7. The molecule has 11 heteroatoms. The average molecular weight is 689 g/mol. The van der Waals surface area contributed by atoms with Crippen LogP contribution in [0.25, 0.3) is 27.9 Å². The van der Waals surface area contributed by atoms with Gasteiger partial charge in [0.1, 0.15) is 18.0 Å². The number of oxazole rings is 1. The number of rotatable bonds is 15. The summed E-state index contributed by atoms with van der Waals surface area (Å²) in [6.45, 7) is 5.13. The fourth-order valence-electron chi connectivity index (χ4n) is 6.17. The minimum atomic E-state index is -1.84. The molecule has 5 aromatic rings. The van der Waals surface area contributed by atoms with Crippen LogP contribution in [-0.4, -0.2) is 58.1 Å². The molecule has 3 atom stereocenters. The van der Waals surface area contributed by atoms with Crippen LogP contribution < -0.4 is 9.47 Å². The number of hydrogen-bond donors (Lipinski definition) is 1. The van der Waals surface area contributed by atoms with Gasteiger partial charge in [0.25, 0.3) is 5.91 Å². The zero-order chi connectivity index (χ0) is 35.9. The Balaban J connectivity index is 1.38. The second kappa shape index (κ2) is 15.5. The van der Waals surface area contributed by atoms with E-state index in [2.05, 4.69) is 11.6 Å². The molecule has 1 amide bonds. The van der Waals surface area contributed by atoms with Crippen LogP contribution in [0.15, 0.2) is 108 Å². The summed E-state index contributed by atoms with van der Waals surface area (Å²) in [7, 11) is 0. The molecular formula is C40H36N2O9. The summed E-state index contributed by atoms with van der Waals surface area (Å²) in [5.41, 5.74) is 2.89. The topological polar surface area (TPSA) is 145 Å². The smallest absolute Gasteiger partial charge is 0.317 e. The van der Waals surface area contributed by atoms with Crippen molar-refractivity contribution in [1.29, 1.82) is 0 Å². The Kier molecular flexibility index (Phi) is 10.6. The second-order valence-corrected chi connectivity index (χ2v) is 12.2. The number of carboxylic acid groups (broad SMARTS) is 1. The maximum atomic E-state index is 14.3. The van der Waals surface area contributed by atoms with E-state index in [1.165, 1.54) is 11.0 Å². The molecule has 51 heavy (non-hydrogen) atoms. The molecule has 0 saturated heterocycles. The van der Waals surface area contributed by atoms with Crippen molar-refractivity contribution < 1.29 is 42.9 Å². The number of benzene rings is 4. The summed E-state index contributed by atoms with van der Waals surface area (Å²) in [5.74, 6) is -5.45. The molecule has 0 spiro atoms. The van der Waals surface area contributed by atoms with Gasteiger partial charge in [-0.05, 0) is 71.7 Å². The average Bonchev–Trinajstić information content (AvgIpc) is 3.79. The molecule has 6 rings (SSSR count). The third kappa shape index (κ3) is 7.99. The largest absolute Gasteiger partial charge is 0.481 e. The van der Waals surface area contributed by atoms with Gasteiger partial charge in [-0.1, -0.05) is 73.3 Å². The number of aliphatic carboxylic acids is 1. The van der Waals surface area contributed by atoms with Crippen LogP contribution in [-0.2, 0) is 30.5 Å². The van der Waals surface area contributed by atoms with Gasteiger partial charge in [0.2, 0.25) is 18.5 Å². The first-order valence-electron chi connectivity index (χ1n) is 16.4. The van der Waals surface area contributed by atoms with Crippen molar-refractivity contribution in [3.8, 4) is 11.5 Å². The number of amides is 1. The van der Waals surface area contributed by atoms with E-state index in [-0.39, 0.29) is 19.9 Å². The van der Waals surface area contributed by atoms with Crippen LogP contribution in [0.1, 0.15) is 42.7 Å². The summed E-state index contributed by atoms with van der Waals surface area (Å²) in [4.78, 5) is 58.8. The van der Waals surface area contributed by atoms with Gasteiger partial charge < -0.3 is 28.6 Å². The molecule has 0 fully saturated rings. The van der Waals surface area contributed by atoms with Crippen LogP contribution in [0.5, 0.6) is 11.5 Å². The van der Waals surface area contributed by atoms with Crippen molar-refractivity contribution >= 4 is 51.6 Å². The predicted molar refractivity (Wildman–Crippen MR) is 189 cm³/mol. The Morgan fingerprint density at radius 2 is 1.73 bits per heavy atom. The van der Waals surface area contributed by atoms with E-state index in [1.54, 1.807) is 12.1 Å². The van der Waals surface area contributed by atoms with Gasteiger partial charge in [-0.15, -0.1) is 0 Å². The number of aromatic nitrogens is 1. The first-order chi connectivity index (χ1) is 24.7. The van der Waals surface area contributed by atoms with Gasteiger partial charge in [0.15, 0.2) is 17.1 Å². The predicted octanol–water partition coefficient (Wildman–Crippen LogP) is 6.70. The van der Waals surface area contributed by atoms with E-state index in [9.17, 15) is 24.3 Å². The third-order valence-corrected chi connectivity index (χ3v) is 8.82. The van der Waals surface area contributed by atoms with Crippen molar-refractivity contribution in [3.05, 3.63) is 121 Å². The molecule has 260 valence electrons. The van der Waals surface area contributed by atoms with Gasteiger partial charge in [-0.25, -0.2) is 4.98 Å². The van der Waals surface area contributed by atoms with Crippen molar-refractivity contribution in [3.63, 3.8) is 0 Å². The minimum absolute atomic E-state index is 0.00599. The number of esters is 1. The van der Waals surface area contributed by atoms with Gasteiger partial charge in [-0.2, -0.15) is 0 Å². The fraction of sp³-hybridized carbons (Fsp3) is 0.225. The van der Waals surface area contributed by atoms with E-state index < -0.39 is 47.9 Å². The lowest BCUT2D eigenvalue weighted by Gasteiger charge is -2.35. The number of carbonyl (C=O) groups excluding carboxylic acids is 3. The molecule has 1 aromatic heterocycles. The van der Waals surface area contributed by atoms with Crippen LogP contribution in [0.4, 0.5) is 0 Å². The van der Waals surface area contributed by atoms with Crippen LogP contribution in [0, 0.1) is 5.92 Å². The van der Waals surface area contributed by atoms with E-state index in [4.69, 9.17) is 18.6 Å². The summed E-state index contributed by atoms with van der Waals surface area (Å²) < 4.78 is 22.1. The number of allylic oxidation sites excluding steroid dienone is 1. The quantitative estimate of drug-likeness (QED) is 0.0546. The summed E-state index contributed by atoms with van der Waals surface area (Å²) in [6, 6.07) is 25.7. The molecule has 4 aromatic carbocycles. The molecule has 2 unspecified atom stereocenters. The molecular weight excluding hydrogens is 652 g/mol. The molecule has 1 N–H and O–H groups in total. The highest BCUT2D eigenvalue weighted by molar-refractivity contribution is 6.40. The number of nitrogens with zero attached hydrogens (tertiary/aromatic N) is 2. The van der Waals surface area contributed by atoms with Crippen LogP contribution in [0.2, 0.25) is 0 Å². The van der Waals surface area contributed by atoms with Crippen molar-refractivity contribution in [2.75, 3.05) is 13.4 Å². The molecule has 0 aliphatic carbocycles.